The van der Waals surface area contributed by atoms with Crippen LogP contribution in [0.25, 0.3) is 0 Å². The third-order valence-corrected chi connectivity index (χ3v) is 4.54. The maximum Gasteiger partial charge on any atom is 0.186 e. The zero-order chi connectivity index (χ0) is 11.7. The molecular weight excluding hydrogens is 232 g/mol. The molecule has 1 aromatic rings. The Labute approximate surface area is 106 Å². The first-order valence-electron chi connectivity index (χ1n) is 6.36. The number of carbonyl (C=O) groups is 1. The lowest BCUT2D eigenvalue weighted by Gasteiger charge is -2.34. The Balaban J connectivity index is 1.48. The highest BCUT2D eigenvalue weighted by Crippen LogP contribution is 2.27. The Morgan fingerprint density at radius 1 is 1.29 bits per heavy atom. The van der Waals surface area contributed by atoms with E-state index in [-0.39, 0.29) is 5.78 Å². The topological polar surface area (TPSA) is 23.6 Å². The van der Waals surface area contributed by atoms with Gasteiger partial charge in [-0.15, -0.1) is 11.3 Å². The maximum absolute atomic E-state index is 12.0. The molecule has 2 fully saturated rings. The van der Waals surface area contributed by atoms with E-state index >= 15 is 0 Å². The van der Waals surface area contributed by atoms with Gasteiger partial charge in [-0.1, -0.05) is 6.07 Å². The lowest BCUT2D eigenvalue weighted by Crippen LogP contribution is -2.48. The minimum absolute atomic E-state index is 0.278. The molecule has 0 N–H and O–H groups in total. The van der Waals surface area contributed by atoms with Gasteiger partial charge in [0.1, 0.15) is 0 Å². The number of hydrogen-bond acceptors (Lipinski definition) is 4. The van der Waals surface area contributed by atoms with Crippen molar-refractivity contribution in [3.63, 3.8) is 0 Å². The molecule has 2 heterocycles. The molecule has 0 radical (unpaired) electrons. The van der Waals surface area contributed by atoms with Gasteiger partial charge in [0.15, 0.2) is 5.78 Å². The highest BCUT2D eigenvalue weighted by atomic mass is 32.1. The summed E-state index contributed by atoms with van der Waals surface area (Å²) in [5.41, 5.74) is 0. The minimum atomic E-state index is 0.278. The first kappa shape index (κ1) is 11.4. The van der Waals surface area contributed by atoms with Crippen LogP contribution in [0.4, 0.5) is 0 Å². The van der Waals surface area contributed by atoms with Gasteiger partial charge in [0.05, 0.1) is 11.4 Å². The highest BCUT2D eigenvalue weighted by Gasteiger charge is 2.31. The lowest BCUT2D eigenvalue weighted by atomic mass is 10.2. The van der Waals surface area contributed by atoms with Gasteiger partial charge in [0, 0.05) is 32.2 Å². The molecule has 1 saturated carbocycles. The number of hydrogen-bond donors (Lipinski definition) is 0. The smallest absolute Gasteiger partial charge is 0.186 e. The lowest BCUT2D eigenvalue weighted by molar-refractivity contribution is 0.0847. The molecule has 1 aliphatic heterocycles. The molecule has 3 nitrogen and oxygen atoms in total. The zero-order valence-electron chi connectivity index (χ0n) is 9.97. The second kappa shape index (κ2) is 4.88. The monoisotopic (exact) mass is 250 g/mol. The average molecular weight is 250 g/mol. The summed E-state index contributed by atoms with van der Waals surface area (Å²) in [6.45, 7) is 4.98. The average Bonchev–Trinajstić information content (AvgIpc) is 3.05. The van der Waals surface area contributed by atoms with Gasteiger partial charge in [0.2, 0.25) is 0 Å². The largest absolute Gasteiger partial charge is 0.298 e. The van der Waals surface area contributed by atoms with Crippen LogP contribution in [0.15, 0.2) is 17.5 Å². The van der Waals surface area contributed by atoms with E-state index in [2.05, 4.69) is 9.80 Å². The van der Waals surface area contributed by atoms with E-state index in [0.717, 1.165) is 37.1 Å². The summed E-state index contributed by atoms with van der Waals surface area (Å²) in [6, 6.07) is 4.74. The maximum atomic E-state index is 12.0. The SMILES string of the molecule is O=C(CN1CCN(C2CC2)CC1)c1cccs1. The van der Waals surface area contributed by atoms with Gasteiger partial charge >= 0.3 is 0 Å². The third kappa shape index (κ3) is 2.76. The van der Waals surface area contributed by atoms with E-state index in [1.807, 2.05) is 17.5 Å². The van der Waals surface area contributed by atoms with E-state index in [9.17, 15) is 4.79 Å². The van der Waals surface area contributed by atoms with E-state index in [1.54, 1.807) is 11.3 Å². The van der Waals surface area contributed by atoms with Gasteiger partial charge in [-0.25, -0.2) is 0 Å². The number of piperazine rings is 1. The van der Waals surface area contributed by atoms with Gasteiger partial charge in [-0.2, -0.15) is 0 Å². The molecule has 0 bridgehead atoms. The molecule has 1 saturated heterocycles. The predicted molar refractivity (Wildman–Crippen MR) is 69.7 cm³/mol. The van der Waals surface area contributed by atoms with Crippen LogP contribution in [0.3, 0.4) is 0 Å². The molecule has 17 heavy (non-hydrogen) atoms. The summed E-state index contributed by atoms with van der Waals surface area (Å²) >= 11 is 1.55. The summed E-state index contributed by atoms with van der Waals surface area (Å²) in [5.74, 6) is 0.278. The number of nitrogens with zero attached hydrogens (tertiary/aromatic N) is 2. The van der Waals surface area contributed by atoms with Crippen molar-refractivity contribution in [1.29, 1.82) is 0 Å². The number of carbonyl (C=O) groups excluding carboxylic acids is 1. The van der Waals surface area contributed by atoms with Gasteiger partial charge in [-0.3, -0.25) is 14.6 Å². The van der Waals surface area contributed by atoms with Crippen molar-refractivity contribution < 1.29 is 4.79 Å². The molecule has 0 aromatic carbocycles. The van der Waals surface area contributed by atoms with Crippen molar-refractivity contribution in [3.8, 4) is 0 Å². The normalized spacial score (nSPS) is 22.8. The molecule has 1 aliphatic carbocycles. The summed E-state index contributed by atoms with van der Waals surface area (Å²) < 4.78 is 0. The predicted octanol–water partition coefficient (Wildman–Crippen LogP) is 1.71. The van der Waals surface area contributed by atoms with Crippen LogP contribution in [0.2, 0.25) is 0 Å². The zero-order valence-corrected chi connectivity index (χ0v) is 10.8. The standard InChI is InChI=1S/C13H18N2OS/c16-12(13-2-1-9-17-13)10-14-5-7-15(8-6-14)11-3-4-11/h1-2,9,11H,3-8,10H2. The van der Waals surface area contributed by atoms with Crippen molar-refractivity contribution in [2.75, 3.05) is 32.7 Å². The molecule has 4 heteroatoms. The highest BCUT2D eigenvalue weighted by molar-refractivity contribution is 7.12. The van der Waals surface area contributed by atoms with Crippen molar-refractivity contribution in [1.82, 2.24) is 9.80 Å². The van der Waals surface area contributed by atoms with E-state index in [4.69, 9.17) is 0 Å². The van der Waals surface area contributed by atoms with Crippen LogP contribution in [0, 0.1) is 0 Å². The van der Waals surface area contributed by atoms with E-state index in [0.29, 0.717) is 6.54 Å². The van der Waals surface area contributed by atoms with Crippen LogP contribution < -0.4 is 0 Å². The van der Waals surface area contributed by atoms with Crippen molar-refractivity contribution in [3.05, 3.63) is 22.4 Å². The van der Waals surface area contributed by atoms with Crippen LogP contribution in [-0.4, -0.2) is 54.3 Å². The van der Waals surface area contributed by atoms with E-state index < -0.39 is 0 Å². The molecular formula is C13H18N2OS. The molecule has 0 atom stereocenters. The Morgan fingerprint density at radius 2 is 2.06 bits per heavy atom. The van der Waals surface area contributed by atoms with Gasteiger partial charge < -0.3 is 0 Å². The Hall–Kier alpha value is -0.710. The second-order valence-corrected chi connectivity index (χ2v) is 5.89. The third-order valence-electron chi connectivity index (χ3n) is 3.63. The quantitative estimate of drug-likeness (QED) is 0.760. The molecule has 92 valence electrons. The first-order chi connectivity index (χ1) is 8.33. The van der Waals surface area contributed by atoms with Gasteiger partial charge in [0.25, 0.3) is 0 Å². The molecule has 3 rings (SSSR count). The molecule has 0 unspecified atom stereocenters. The van der Waals surface area contributed by atoms with Crippen molar-refractivity contribution in [2.24, 2.45) is 0 Å². The summed E-state index contributed by atoms with van der Waals surface area (Å²) in [4.78, 5) is 17.7. The Kier molecular flexibility index (Phi) is 3.27. The number of Topliss-reactive ketones (excluding diaryl/α,β-unsaturated/α-hetero) is 1. The van der Waals surface area contributed by atoms with Crippen molar-refractivity contribution >= 4 is 17.1 Å². The second-order valence-electron chi connectivity index (χ2n) is 4.94. The fourth-order valence-electron chi connectivity index (χ4n) is 2.44. The van der Waals surface area contributed by atoms with Crippen LogP contribution >= 0.6 is 11.3 Å². The molecule has 0 spiro atoms. The Morgan fingerprint density at radius 3 is 2.65 bits per heavy atom. The van der Waals surface area contributed by atoms with Crippen LogP contribution in [0.1, 0.15) is 22.5 Å². The Bertz CT molecular complexity index is 378. The fourth-order valence-corrected chi connectivity index (χ4v) is 3.10. The van der Waals surface area contributed by atoms with Crippen LogP contribution in [-0.2, 0) is 0 Å². The summed E-state index contributed by atoms with van der Waals surface area (Å²) in [6.07, 6.45) is 2.77. The summed E-state index contributed by atoms with van der Waals surface area (Å²) in [5, 5.41) is 1.97. The number of ketones is 1. The minimum Gasteiger partial charge on any atom is -0.298 e. The van der Waals surface area contributed by atoms with Crippen molar-refractivity contribution in [2.45, 2.75) is 18.9 Å². The number of thiophene rings is 1. The fraction of sp³-hybridized carbons (Fsp3) is 0.615. The van der Waals surface area contributed by atoms with E-state index in [1.165, 1.54) is 12.8 Å². The molecule has 0 amide bonds. The van der Waals surface area contributed by atoms with Gasteiger partial charge in [-0.05, 0) is 24.3 Å². The van der Waals surface area contributed by atoms with Crippen LogP contribution in [0.5, 0.6) is 0 Å². The summed E-state index contributed by atoms with van der Waals surface area (Å²) in [7, 11) is 0. The molecule has 1 aromatic heterocycles. The first-order valence-corrected chi connectivity index (χ1v) is 7.24. The number of rotatable bonds is 4. The molecule has 2 aliphatic rings.